The standard InChI is InChI=1S/C9H6F2N2/c1-5-4-12-8-3-6(10)2-7(11)9(8)13-5/h2-4H,1H3. The molecule has 1 heterocycles. The second-order valence-corrected chi connectivity index (χ2v) is 2.77. The molecular weight excluding hydrogens is 174 g/mol. The summed E-state index contributed by atoms with van der Waals surface area (Å²) in [6.45, 7) is 1.70. The molecule has 4 heteroatoms. The predicted molar refractivity (Wildman–Crippen MR) is 44.2 cm³/mol. The Balaban J connectivity index is 2.87. The Morgan fingerprint density at radius 3 is 2.77 bits per heavy atom. The molecule has 1 aromatic heterocycles. The summed E-state index contributed by atoms with van der Waals surface area (Å²) < 4.78 is 25.8. The smallest absolute Gasteiger partial charge is 0.153 e. The minimum atomic E-state index is -0.675. The van der Waals surface area contributed by atoms with Gasteiger partial charge in [-0.05, 0) is 6.92 Å². The van der Waals surface area contributed by atoms with Gasteiger partial charge in [-0.15, -0.1) is 0 Å². The van der Waals surface area contributed by atoms with E-state index in [-0.39, 0.29) is 11.0 Å². The molecule has 0 aliphatic heterocycles. The van der Waals surface area contributed by atoms with E-state index in [0.717, 1.165) is 12.1 Å². The number of benzene rings is 1. The van der Waals surface area contributed by atoms with Crippen LogP contribution in [0.4, 0.5) is 8.78 Å². The highest BCUT2D eigenvalue weighted by atomic mass is 19.1. The fourth-order valence-electron chi connectivity index (χ4n) is 1.13. The fraction of sp³-hybridized carbons (Fsp3) is 0.111. The molecule has 0 spiro atoms. The van der Waals surface area contributed by atoms with Crippen LogP contribution in [0, 0.1) is 18.6 Å². The van der Waals surface area contributed by atoms with E-state index in [2.05, 4.69) is 9.97 Å². The van der Waals surface area contributed by atoms with Crippen LogP contribution in [0.15, 0.2) is 18.3 Å². The van der Waals surface area contributed by atoms with Crippen molar-refractivity contribution in [2.24, 2.45) is 0 Å². The van der Waals surface area contributed by atoms with Crippen molar-refractivity contribution in [2.75, 3.05) is 0 Å². The maximum atomic E-state index is 13.1. The summed E-state index contributed by atoms with van der Waals surface area (Å²) in [5.74, 6) is -1.31. The molecule has 0 radical (unpaired) electrons. The zero-order valence-corrected chi connectivity index (χ0v) is 6.88. The monoisotopic (exact) mass is 180 g/mol. The van der Waals surface area contributed by atoms with E-state index in [4.69, 9.17) is 0 Å². The van der Waals surface area contributed by atoms with E-state index < -0.39 is 11.6 Å². The number of rotatable bonds is 0. The minimum absolute atomic E-state index is 0.112. The molecular formula is C9H6F2N2. The lowest BCUT2D eigenvalue weighted by molar-refractivity contribution is 0.589. The summed E-state index contributed by atoms with van der Waals surface area (Å²) in [4.78, 5) is 7.77. The number of aryl methyl sites for hydroxylation is 1. The first-order valence-corrected chi connectivity index (χ1v) is 3.75. The zero-order valence-electron chi connectivity index (χ0n) is 6.88. The average Bonchev–Trinajstić information content (AvgIpc) is 2.06. The highest BCUT2D eigenvalue weighted by Gasteiger charge is 2.05. The van der Waals surface area contributed by atoms with E-state index in [0.29, 0.717) is 5.69 Å². The van der Waals surface area contributed by atoms with E-state index >= 15 is 0 Å². The van der Waals surface area contributed by atoms with Crippen LogP contribution in [-0.2, 0) is 0 Å². The number of halogens is 2. The van der Waals surface area contributed by atoms with Crippen LogP contribution in [-0.4, -0.2) is 9.97 Å². The molecule has 0 amide bonds. The number of hydrogen-bond acceptors (Lipinski definition) is 2. The van der Waals surface area contributed by atoms with E-state index in [9.17, 15) is 8.78 Å². The van der Waals surface area contributed by atoms with Gasteiger partial charge in [-0.25, -0.2) is 13.8 Å². The van der Waals surface area contributed by atoms with Gasteiger partial charge in [0.25, 0.3) is 0 Å². The lowest BCUT2D eigenvalue weighted by atomic mass is 10.2. The van der Waals surface area contributed by atoms with Gasteiger partial charge in [0.05, 0.1) is 11.2 Å². The van der Waals surface area contributed by atoms with E-state index in [1.807, 2.05) is 0 Å². The van der Waals surface area contributed by atoms with Gasteiger partial charge in [0.2, 0.25) is 0 Å². The summed E-state index contributed by atoms with van der Waals surface area (Å²) in [5, 5.41) is 0. The van der Waals surface area contributed by atoms with Crippen molar-refractivity contribution in [2.45, 2.75) is 6.92 Å². The Labute approximate surface area is 73.2 Å². The van der Waals surface area contributed by atoms with Crippen LogP contribution >= 0.6 is 0 Å². The maximum Gasteiger partial charge on any atom is 0.153 e. The molecule has 2 aromatic rings. The lowest BCUT2D eigenvalue weighted by Gasteiger charge is -1.99. The predicted octanol–water partition coefficient (Wildman–Crippen LogP) is 2.22. The van der Waals surface area contributed by atoms with Gasteiger partial charge < -0.3 is 0 Å². The third-order valence-corrected chi connectivity index (χ3v) is 1.69. The molecule has 13 heavy (non-hydrogen) atoms. The number of aromatic nitrogens is 2. The molecule has 0 bridgehead atoms. The second kappa shape index (κ2) is 2.73. The molecule has 0 atom stereocenters. The molecule has 0 saturated carbocycles. The summed E-state index contributed by atoms with van der Waals surface area (Å²) >= 11 is 0. The summed E-state index contributed by atoms with van der Waals surface area (Å²) in [7, 11) is 0. The maximum absolute atomic E-state index is 13.1. The first-order valence-electron chi connectivity index (χ1n) is 3.75. The van der Waals surface area contributed by atoms with Gasteiger partial charge >= 0.3 is 0 Å². The van der Waals surface area contributed by atoms with Crippen molar-refractivity contribution < 1.29 is 8.78 Å². The second-order valence-electron chi connectivity index (χ2n) is 2.77. The topological polar surface area (TPSA) is 25.8 Å². The first-order chi connectivity index (χ1) is 6.16. The van der Waals surface area contributed by atoms with Crippen molar-refractivity contribution in [1.82, 2.24) is 9.97 Å². The Kier molecular flexibility index (Phi) is 1.69. The van der Waals surface area contributed by atoms with Crippen molar-refractivity contribution in [3.8, 4) is 0 Å². The SMILES string of the molecule is Cc1cnc2cc(F)cc(F)c2n1. The molecule has 0 aliphatic rings. The normalized spacial score (nSPS) is 10.7. The largest absolute Gasteiger partial charge is 0.253 e. The molecule has 0 saturated heterocycles. The molecule has 2 nitrogen and oxygen atoms in total. The molecule has 66 valence electrons. The van der Waals surface area contributed by atoms with Gasteiger partial charge in [0, 0.05) is 18.3 Å². The Hall–Kier alpha value is -1.58. The number of hydrogen-bond donors (Lipinski definition) is 0. The van der Waals surface area contributed by atoms with Gasteiger partial charge in [-0.1, -0.05) is 0 Å². The molecule has 0 unspecified atom stereocenters. The molecule has 1 aromatic carbocycles. The third-order valence-electron chi connectivity index (χ3n) is 1.69. The number of fused-ring (bicyclic) bond motifs is 1. The Bertz CT molecular complexity index is 468. The van der Waals surface area contributed by atoms with Crippen LogP contribution in [0.3, 0.4) is 0 Å². The Morgan fingerprint density at radius 2 is 2.00 bits per heavy atom. The van der Waals surface area contributed by atoms with Gasteiger partial charge in [0.15, 0.2) is 5.82 Å². The van der Waals surface area contributed by atoms with Crippen molar-refractivity contribution in [3.05, 3.63) is 35.7 Å². The van der Waals surface area contributed by atoms with Crippen LogP contribution in [0.2, 0.25) is 0 Å². The molecule has 0 fully saturated rings. The van der Waals surface area contributed by atoms with Crippen molar-refractivity contribution in [3.63, 3.8) is 0 Å². The quantitative estimate of drug-likeness (QED) is 0.621. The van der Waals surface area contributed by atoms with Crippen LogP contribution in [0.25, 0.3) is 11.0 Å². The number of nitrogens with zero attached hydrogens (tertiary/aromatic N) is 2. The fourth-order valence-corrected chi connectivity index (χ4v) is 1.13. The van der Waals surface area contributed by atoms with E-state index in [1.54, 1.807) is 6.92 Å². The van der Waals surface area contributed by atoms with Gasteiger partial charge in [-0.3, -0.25) is 4.98 Å². The molecule has 0 aliphatic carbocycles. The average molecular weight is 180 g/mol. The first kappa shape index (κ1) is 8.04. The minimum Gasteiger partial charge on any atom is -0.253 e. The van der Waals surface area contributed by atoms with Crippen LogP contribution < -0.4 is 0 Å². The summed E-state index contributed by atoms with van der Waals surface area (Å²) in [6, 6.07) is 1.96. The van der Waals surface area contributed by atoms with Gasteiger partial charge in [-0.2, -0.15) is 0 Å². The van der Waals surface area contributed by atoms with Crippen molar-refractivity contribution in [1.29, 1.82) is 0 Å². The Morgan fingerprint density at radius 1 is 1.23 bits per heavy atom. The molecule has 0 N–H and O–H groups in total. The third kappa shape index (κ3) is 1.35. The summed E-state index contributed by atoms with van der Waals surface area (Å²) in [5.41, 5.74) is 0.961. The summed E-state index contributed by atoms with van der Waals surface area (Å²) in [6.07, 6.45) is 1.47. The highest BCUT2D eigenvalue weighted by molar-refractivity contribution is 5.74. The lowest BCUT2D eigenvalue weighted by Crippen LogP contribution is -1.91. The highest BCUT2D eigenvalue weighted by Crippen LogP contribution is 2.15. The van der Waals surface area contributed by atoms with Crippen LogP contribution in [0.5, 0.6) is 0 Å². The van der Waals surface area contributed by atoms with Crippen molar-refractivity contribution >= 4 is 11.0 Å². The van der Waals surface area contributed by atoms with E-state index in [1.165, 1.54) is 6.20 Å². The zero-order chi connectivity index (χ0) is 9.42. The van der Waals surface area contributed by atoms with Crippen LogP contribution in [0.1, 0.15) is 5.69 Å². The molecule has 2 rings (SSSR count). The van der Waals surface area contributed by atoms with Gasteiger partial charge in [0.1, 0.15) is 11.3 Å².